The highest BCUT2D eigenvalue weighted by molar-refractivity contribution is 5.96. The predicted molar refractivity (Wildman–Crippen MR) is 120 cm³/mol. The molecule has 0 bridgehead atoms. The van der Waals surface area contributed by atoms with E-state index in [1.165, 1.54) is 12.1 Å². The first kappa shape index (κ1) is 21.0. The minimum absolute atomic E-state index is 0.0581. The number of phenolic OH excluding ortho intramolecular Hbond substituents is 2. The fourth-order valence-corrected chi connectivity index (χ4v) is 3.20. The second-order valence-corrected chi connectivity index (χ2v) is 7.17. The monoisotopic (exact) mass is 430 g/mol. The molecule has 1 heterocycles. The number of ether oxygens (including phenoxy) is 1. The van der Waals surface area contributed by atoms with E-state index in [2.05, 4.69) is 10.3 Å². The molecule has 0 aliphatic rings. The summed E-state index contributed by atoms with van der Waals surface area (Å²) in [5, 5.41) is 22.7. The molecule has 4 aromatic rings. The van der Waals surface area contributed by atoms with Crippen LogP contribution in [0.5, 0.6) is 17.2 Å². The number of carbonyl (C=O) groups is 1. The van der Waals surface area contributed by atoms with Crippen molar-refractivity contribution < 1.29 is 24.2 Å². The normalized spacial score (nSPS) is 11.5. The van der Waals surface area contributed by atoms with Crippen LogP contribution in [0, 0.1) is 0 Å². The molecule has 0 aliphatic carbocycles. The van der Waals surface area contributed by atoms with Crippen LogP contribution in [0.15, 0.2) is 82.2 Å². The number of rotatable bonds is 6. The Labute approximate surface area is 184 Å². The van der Waals surface area contributed by atoms with E-state index in [1.807, 2.05) is 12.1 Å². The fourth-order valence-electron chi connectivity index (χ4n) is 3.20. The van der Waals surface area contributed by atoms with Crippen molar-refractivity contribution in [2.75, 3.05) is 13.7 Å². The quantitative estimate of drug-likeness (QED) is 0.428. The molecule has 0 aliphatic heterocycles. The minimum atomic E-state index is -0.324. The lowest BCUT2D eigenvalue weighted by Gasteiger charge is -2.08. The maximum Gasteiger partial charge on any atom is 0.256 e. The van der Waals surface area contributed by atoms with Crippen molar-refractivity contribution in [1.82, 2.24) is 5.32 Å². The number of nitrogens with zero attached hydrogens (tertiary/aromatic N) is 1. The van der Waals surface area contributed by atoms with Gasteiger partial charge in [-0.05, 0) is 66.6 Å². The Morgan fingerprint density at radius 3 is 2.41 bits per heavy atom. The Bertz CT molecular complexity index is 1310. The van der Waals surface area contributed by atoms with Crippen LogP contribution in [0.3, 0.4) is 0 Å². The Morgan fingerprint density at radius 1 is 0.969 bits per heavy atom. The Kier molecular flexibility index (Phi) is 6.07. The summed E-state index contributed by atoms with van der Waals surface area (Å²) in [6.45, 7) is 0.402. The zero-order valence-corrected chi connectivity index (χ0v) is 17.4. The van der Waals surface area contributed by atoms with Gasteiger partial charge in [-0.1, -0.05) is 12.1 Å². The van der Waals surface area contributed by atoms with E-state index in [-0.39, 0.29) is 28.5 Å². The van der Waals surface area contributed by atoms with Crippen molar-refractivity contribution in [3.05, 3.63) is 89.5 Å². The van der Waals surface area contributed by atoms with Crippen LogP contribution in [0.2, 0.25) is 0 Å². The summed E-state index contributed by atoms with van der Waals surface area (Å²) in [7, 11) is 1.58. The van der Waals surface area contributed by atoms with E-state index in [1.54, 1.807) is 55.6 Å². The summed E-state index contributed by atoms with van der Waals surface area (Å²) < 4.78 is 11.1. The number of hydrogen-bond donors (Lipinski definition) is 3. The van der Waals surface area contributed by atoms with Gasteiger partial charge < -0.3 is 24.7 Å². The number of phenols is 2. The van der Waals surface area contributed by atoms with Gasteiger partial charge in [-0.3, -0.25) is 4.79 Å². The lowest BCUT2D eigenvalue weighted by Crippen LogP contribution is -2.30. The van der Waals surface area contributed by atoms with Crippen LogP contribution in [0.4, 0.5) is 5.69 Å². The van der Waals surface area contributed by atoms with E-state index in [9.17, 15) is 15.0 Å². The predicted octanol–water partition coefficient (Wildman–Crippen LogP) is 4.06. The third-order valence-corrected chi connectivity index (χ3v) is 4.92. The number of carbonyl (C=O) groups excluding carboxylic acids is 1. The van der Waals surface area contributed by atoms with Gasteiger partial charge in [0.1, 0.15) is 28.4 Å². The van der Waals surface area contributed by atoms with Gasteiger partial charge in [0.2, 0.25) is 5.55 Å². The molecule has 7 nitrogen and oxygen atoms in total. The molecular weight excluding hydrogens is 408 g/mol. The maximum absolute atomic E-state index is 13.0. The first-order valence-electron chi connectivity index (χ1n) is 10.0. The number of nitrogens with one attached hydrogen (secondary N) is 1. The minimum Gasteiger partial charge on any atom is -0.508 e. The average molecular weight is 430 g/mol. The molecule has 3 N–H and O–H groups in total. The number of methoxy groups -OCH3 is 1. The number of amides is 1. The molecule has 0 saturated heterocycles. The van der Waals surface area contributed by atoms with Crippen LogP contribution >= 0.6 is 0 Å². The largest absolute Gasteiger partial charge is 0.508 e. The van der Waals surface area contributed by atoms with E-state index in [0.29, 0.717) is 35.4 Å². The Morgan fingerprint density at radius 2 is 1.69 bits per heavy atom. The van der Waals surface area contributed by atoms with Crippen molar-refractivity contribution in [3.8, 4) is 17.2 Å². The van der Waals surface area contributed by atoms with Gasteiger partial charge in [-0.25, -0.2) is 4.99 Å². The molecule has 4 rings (SSSR count). The van der Waals surface area contributed by atoms with E-state index in [0.717, 1.165) is 5.56 Å². The van der Waals surface area contributed by atoms with E-state index >= 15 is 0 Å². The SMILES string of the molecule is COc1ccc(N=c2oc3cc(O)ccc3cc2C(=O)NCCc2ccc(O)cc2)cc1. The summed E-state index contributed by atoms with van der Waals surface area (Å²) in [5.74, 6) is 0.625. The molecule has 162 valence electrons. The highest BCUT2D eigenvalue weighted by Crippen LogP contribution is 2.21. The fraction of sp³-hybridized carbons (Fsp3) is 0.120. The van der Waals surface area contributed by atoms with Gasteiger partial charge in [0.15, 0.2) is 0 Å². The van der Waals surface area contributed by atoms with E-state index in [4.69, 9.17) is 9.15 Å². The van der Waals surface area contributed by atoms with Crippen molar-refractivity contribution in [2.24, 2.45) is 4.99 Å². The van der Waals surface area contributed by atoms with Crippen molar-refractivity contribution in [2.45, 2.75) is 6.42 Å². The number of hydrogen-bond acceptors (Lipinski definition) is 6. The Balaban J connectivity index is 1.65. The summed E-state index contributed by atoms with van der Waals surface area (Å²) in [5.41, 5.74) is 2.41. The van der Waals surface area contributed by atoms with Gasteiger partial charge in [0.25, 0.3) is 5.91 Å². The third kappa shape index (κ3) is 4.89. The number of benzene rings is 3. The lowest BCUT2D eigenvalue weighted by atomic mass is 10.1. The molecule has 3 aromatic carbocycles. The standard InChI is InChI=1S/C25H22N2O5/c1-31-21-10-5-18(6-11-21)27-25-22(14-17-4-9-20(29)15-23(17)32-25)24(30)26-13-12-16-2-7-19(28)8-3-16/h2-11,14-15,28-29H,12-13H2,1H3,(H,26,30). The first-order chi connectivity index (χ1) is 15.5. The molecule has 1 aromatic heterocycles. The molecule has 0 saturated carbocycles. The van der Waals surface area contributed by atoms with Crippen LogP contribution in [0.25, 0.3) is 11.0 Å². The van der Waals surface area contributed by atoms with E-state index < -0.39 is 0 Å². The topological polar surface area (TPSA) is 104 Å². The molecule has 0 radical (unpaired) electrons. The maximum atomic E-state index is 13.0. The van der Waals surface area contributed by atoms with Crippen LogP contribution in [-0.2, 0) is 6.42 Å². The molecule has 0 spiro atoms. The molecular formula is C25H22N2O5. The lowest BCUT2D eigenvalue weighted by molar-refractivity contribution is 0.0950. The van der Waals surface area contributed by atoms with Crippen molar-refractivity contribution >= 4 is 22.6 Å². The van der Waals surface area contributed by atoms with Crippen LogP contribution in [-0.4, -0.2) is 29.8 Å². The molecule has 0 unspecified atom stereocenters. The first-order valence-corrected chi connectivity index (χ1v) is 10.0. The number of fused-ring (bicyclic) bond motifs is 1. The van der Waals surface area contributed by atoms with Crippen molar-refractivity contribution in [3.63, 3.8) is 0 Å². The number of aromatic hydroxyl groups is 2. The highest BCUT2D eigenvalue weighted by Gasteiger charge is 2.13. The summed E-state index contributed by atoms with van der Waals surface area (Å²) in [6.07, 6.45) is 0.607. The van der Waals surface area contributed by atoms with Crippen LogP contribution < -0.4 is 15.6 Å². The highest BCUT2D eigenvalue weighted by atomic mass is 16.5. The second kappa shape index (κ2) is 9.26. The third-order valence-electron chi connectivity index (χ3n) is 4.92. The molecule has 32 heavy (non-hydrogen) atoms. The van der Waals surface area contributed by atoms with Gasteiger partial charge in [-0.2, -0.15) is 0 Å². The van der Waals surface area contributed by atoms with Crippen molar-refractivity contribution in [1.29, 1.82) is 0 Å². The van der Waals surface area contributed by atoms with Gasteiger partial charge in [0.05, 0.1) is 12.8 Å². The van der Waals surface area contributed by atoms with Crippen LogP contribution in [0.1, 0.15) is 15.9 Å². The van der Waals surface area contributed by atoms with Gasteiger partial charge >= 0.3 is 0 Å². The smallest absolute Gasteiger partial charge is 0.256 e. The van der Waals surface area contributed by atoms with Gasteiger partial charge in [-0.15, -0.1) is 0 Å². The molecule has 1 amide bonds. The Hall–Kier alpha value is -4.26. The zero-order chi connectivity index (χ0) is 22.5. The second-order valence-electron chi connectivity index (χ2n) is 7.17. The summed E-state index contributed by atoms with van der Waals surface area (Å²) in [4.78, 5) is 17.5. The molecule has 7 heteroatoms. The zero-order valence-electron chi connectivity index (χ0n) is 17.4. The molecule has 0 atom stereocenters. The average Bonchev–Trinajstić information content (AvgIpc) is 2.80. The molecule has 0 fully saturated rings. The summed E-state index contributed by atoms with van der Waals surface area (Å²) >= 11 is 0. The van der Waals surface area contributed by atoms with Gasteiger partial charge in [0, 0.05) is 18.0 Å². The summed E-state index contributed by atoms with van der Waals surface area (Å²) in [6, 6.07) is 20.3.